The molecule has 2 atom stereocenters. The molecule has 2 heterocycles. The molecule has 2 fully saturated rings. The smallest absolute Gasteiger partial charge is 0.318 e. The minimum absolute atomic E-state index is 0.0257. The number of carbonyl (C=O) groups excluding carboxylic acids is 1. The standard InChI is InChI=1S/C30H34FN3O2/c1-23(24-7-9-25(10-8-24)26-11-13-28(31)14-12-26)34-18-16-30(32-29(34)35,27-5-3-2-4-6-27)15-17-33-19-21-36-22-20-33/h2-14,23H,15-22H2,1H3,(H,32,35). The van der Waals surface area contributed by atoms with E-state index in [4.69, 9.17) is 4.74 Å². The summed E-state index contributed by atoms with van der Waals surface area (Å²) in [4.78, 5) is 17.9. The van der Waals surface area contributed by atoms with Gasteiger partial charge in [-0.15, -0.1) is 0 Å². The second-order valence-electron chi connectivity index (χ2n) is 9.83. The molecule has 2 unspecified atom stereocenters. The van der Waals surface area contributed by atoms with E-state index in [0.717, 1.165) is 62.4 Å². The second kappa shape index (κ2) is 10.8. The average molecular weight is 488 g/mol. The van der Waals surface area contributed by atoms with Crippen molar-refractivity contribution in [1.82, 2.24) is 15.1 Å². The minimum atomic E-state index is -0.376. The second-order valence-corrected chi connectivity index (χ2v) is 9.83. The van der Waals surface area contributed by atoms with Crippen molar-refractivity contribution in [2.24, 2.45) is 0 Å². The molecule has 3 aromatic carbocycles. The van der Waals surface area contributed by atoms with Crippen molar-refractivity contribution < 1.29 is 13.9 Å². The number of nitrogens with one attached hydrogen (secondary N) is 1. The molecule has 2 saturated heterocycles. The summed E-state index contributed by atoms with van der Waals surface area (Å²) in [6, 6.07) is 25.0. The van der Waals surface area contributed by atoms with Crippen molar-refractivity contribution in [3.05, 3.63) is 95.8 Å². The molecule has 3 aromatic rings. The molecule has 1 N–H and O–H groups in total. The molecule has 2 amide bonds. The fourth-order valence-electron chi connectivity index (χ4n) is 5.38. The lowest BCUT2D eigenvalue weighted by atomic mass is 9.81. The van der Waals surface area contributed by atoms with Crippen LogP contribution in [0.2, 0.25) is 0 Å². The fraction of sp³-hybridized carbons (Fsp3) is 0.367. The fourth-order valence-corrected chi connectivity index (χ4v) is 5.38. The van der Waals surface area contributed by atoms with Crippen LogP contribution in [-0.2, 0) is 10.3 Å². The van der Waals surface area contributed by atoms with Crippen LogP contribution in [0.3, 0.4) is 0 Å². The maximum Gasteiger partial charge on any atom is 0.318 e. The highest BCUT2D eigenvalue weighted by molar-refractivity contribution is 5.77. The molecular weight excluding hydrogens is 453 g/mol. The summed E-state index contributed by atoms with van der Waals surface area (Å²) in [6.45, 7) is 7.12. The number of hydrogen-bond donors (Lipinski definition) is 1. The summed E-state index contributed by atoms with van der Waals surface area (Å²) in [5.41, 5.74) is 3.87. The van der Waals surface area contributed by atoms with Gasteiger partial charge in [0.25, 0.3) is 0 Å². The van der Waals surface area contributed by atoms with Crippen LogP contribution in [-0.4, -0.2) is 55.2 Å². The van der Waals surface area contributed by atoms with Gasteiger partial charge >= 0.3 is 6.03 Å². The van der Waals surface area contributed by atoms with Gasteiger partial charge in [-0.3, -0.25) is 4.90 Å². The third-order valence-electron chi connectivity index (χ3n) is 7.71. The summed E-state index contributed by atoms with van der Waals surface area (Å²) in [7, 11) is 0. The molecule has 5 nitrogen and oxygen atoms in total. The molecule has 0 aliphatic carbocycles. The third kappa shape index (κ3) is 5.30. The number of benzene rings is 3. The van der Waals surface area contributed by atoms with Gasteiger partial charge in [-0.2, -0.15) is 0 Å². The van der Waals surface area contributed by atoms with Crippen LogP contribution in [0.15, 0.2) is 78.9 Å². The van der Waals surface area contributed by atoms with Gasteiger partial charge in [0, 0.05) is 26.2 Å². The molecule has 6 heteroatoms. The average Bonchev–Trinajstić information content (AvgIpc) is 2.93. The van der Waals surface area contributed by atoms with Gasteiger partial charge in [0.05, 0.1) is 24.8 Å². The Bertz CT molecular complexity index is 1150. The number of morpholine rings is 1. The van der Waals surface area contributed by atoms with Crippen molar-refractivity contribution in [2.45, 2.75) is 31.3 Å². The zero-order chi connectivity index (χ0) is 25.0. The third-order valence-corrected chi connectivity index (χ3v) is 7.71. The predicted octanol–water partition coefficient (Wildman–Crippen LogP) is 5.59. The van der Waals surface area contributed by atoms with E-state index < -0.39 is 0 Å². The topological polar surface area (TPSA) is 44.8 Å². The van der Waals surface area contributed by atoms with E-state index in [-0.39, 0.29) is 23.4 Å². The van der Waals surface area contributed by atoms with Crippen molar-refractivity contribution in [2.75, 3.05) is 39.4 Å². The Hall–Kier alpha value is -3.22. The maximum absolute atomic E-state index is 13.5. The first-order valence-electron chi connectivity index (χ1n) is 12.8. The number of carbonyl (C=O) groups is 1. The number of urea groups is 1. The van der Waals surface area contributed by atoms with Crippen LogP contribution in [0.1, 0.15) is 36.9 Å². The molecule has 0 radical (unpaired) electrons. The first-order chi connectivity index (χ1) is 17.5. The highest BCUT2D eigenvalue weighted by Crippen LogP contribution is 2.36. The van der Waals surface area contributed by atoms with Gasteiger partial charge in [-0.1, -0.05) is 66.7 Å². The Morgan fingerprint density at radius 2 is 1.56 bits per heavy atom. The number of rotatable bonds is 7. The summed E-state index contributed by atoms with van der Waals surface area (Å²) in [6.07, 6.45) is 1.72. The van der Waals surface area contributed by atoms with Crippen LogP contribution in [0.4, 0.5) is 9.18 Å². The SMILES string of the molecule is CC(c1ccc(-c2ccc(F)cc2)cc1)N1CCC(CCN2CCOCC2)(c2ccccc2)NC1=O. The molecule has 0 bridgehead atoms. The number of ether oxygens (including phenoxy) is 1. The lowest BCUT2D eigenvalue weighted by Crippen LogP contribution is -2.59. The number of halogens is 1. The Morgan fingerprint density at radius 3 is 2.19 bits per heavy atom. The zero-order valence-corrected chi connectivity index (χ0v) is 20.8. The highest BCUT2D eigenvalue weighted by atomic mass is 19.1. The van der Waals surface area contributed by atoms with Crippen molar-refractivity contribution in [3.8, 4) is 11.1 Å². The van der Waals surface area contributed by atoms with E-state index in [1.165, 1.54) is 17.7 Å². The van der Waals surface area contributed by atoms with E-state index in [9.17, 15) is 9.18 Å². The van der Waals surface area contributed by atoms with E-state index in [1.54, 1.807) is 12.1 Å². The van der Waals surface area contributed by atoms with E-state index >= 15 is 0 Å². The summed E-state index contributed by atoms with van der Waals surface area (Å²) >= 11 is 0. The number of nitrogens with zero attached hydrogens (tertiary/aromatic N) is 2. The lowest BCUT2D eigenvalue weighted by molar-refractivity contribution is 0.0307. The van der Waals surface area contributed by atoms with Gasteiger partial charge in [0.1, 0.15) is 5.82 Å². The monoisotopic (exact) mass is 487 g/mol. The highest BCUT2D eigenvalue weighted by Gasteiger charge is 2.41. The maximum atomic E-state index is 13.5. The Balaban J connectivity index is 1.30. The lowest BCUT2D eigenvalue weighted by Gasteiger charge is -2.46. The number of hydrogen-bond acceptors (Lipinski definition) is 3. The number of amides is 2. The van der Waals surface area contributed by atoms with E-state index in [1.807, 2.05) is 23.1 Å². The normalized spacial score (nSPS) is 21.7. The molecule has 0 aromatic heterocycles. The zero-order valence-electron chi connectivity index (χ0n) is 20.8. The molecule has 188 valence electrons. The van der Waals surface area contributed by atoms with Crippen LogP contribution < -0.4 is 5.32 Å². The van der Waals surface area contributed by atoms with Crippen LogP contribution in [0, 0.1) is 5.82 Å². The van der Waals surface area contributed by atoms with Gasteiger partial charge in [-0.25, -0.2) is 9.18 Å². The molecular formula is C30H34FN3O2. The Morgan fingerprint density at radius 1 is 0.917 bits per heavy atom. The quantitative estimate of drug-likeness (QED) is 0.473. The predicted molar refractivity (Wildman–Crippen MR) is 140 cm³/mol. The minimum Gasteiger partial charge on any atom is -0.379 e. The Labute approximate surface area is 212 Å². The van der Waals surface area contributed by atoms with Gasteiger partial charge in [0.2, 0.25) is 0 Å². The molecule has 5 rings (SSSR count). The van der Waals surface area contributed by atoms with Crippen molar-refractivity contribution in [3.63, 3.8) is 0 Å². The summed E-state index contributed by atoms with van der Waals surface area (Å²) in [5, 5.41) is 3.42. The first-order valence-corrected chi connectivity index (χ1v) is 12.8. The Kier molecular flexibility index (Phi) is 7.35. The van der Waals surface area contributed by atoms with Gasteiger partial charge in [0.15, 0.2) is 0 Å². The first kappa shape index (κ1) is 24.5. The van der Waals surface area contributed by atoms with Crippen molar-refractivity contribution in [1.29, 1.82) is 0 Å². The van der Waals surface area contributed by atoms with Crippen LogP contribution >= 0.6 is 0 Å². The molecule has 2 aliphatic rings. The van der Waals surface area contributed by atoms with Crippen LogP contribution in [0.25, 0.3) is 11.1 Å². The van der Waals surface area contributed by atoms with Gasteiger partial charge < -0.3 is 15.0 Å². The molecule has 2 aliphatic heterocycles. The van der Waals surface area contributed by atoms with E-state index in [0.29, 0.717) is 6.54 Å². The molecule has 0 spiro atoms. The summed E-state index contributed by atoms with van der Waals surface area (Å²) < 4.78 is 18.8. The summed E-state index contributed by atoms with van der Waals surface area (Å²) in [5.74, 6) is -0.239. The molecule has 0 saturated carbocycles. The van der Waals surface area contributed by atoms with E-state index in [2.05, 4.69) is 53.5 Å². The molecule has 36 heavy (non-hydrogen) atoms. The van der Waals surface area contributed by atoms with Gasteiger partial charge in [-0.05, 0) is 54.2 Å². The van der Waals surface area contributed by atoms with Crippen LogP contribution in [0.5, 0.6) is 0 Å². The largest absolute Gasteiger partial charge is 0.379 e. The van der Waals surface area contributed by atoms with Crippen molar-refractivity contribution >= 4 is 6.03 Å².